The van der Waals surface area contributed by atoms with Gasteiger partial charge in [-0.25, -0.2) is 14.5 Å². The molecule has 1 aliphatic rings. The van der Waals surface area contributed by atoms with Crippen LogP contribution < -0.4 is 4.90 Å². The molecule has 0 aromatic carbocycles. The van der Waals surface area contributed by atoms with Gasteiger partial charge in [-0.3, -0.25) is 0 Å². The molecule has 0 unspecified atom stereocenters. The fourth-order valence-electron chi connectivity index (χ4n) is 3.89. The lowest BCUT2D eigenvalue weighted by Gasteiger charge is -2.24. The first-order chi connectivity index (χ1) is 13.2. The number of hydrogen-bond acceptors (Lipinski definition) is 5. The van der Waals surface area contributed by atoms with Crippen molar-refractivity contribution in [2.45, 2.75) is 20.4 Å². The van der Waals surface area contributed by atoms with Crippen molar-refractivity contribution in [3.63, 3.8) is 0 Å². The van der Waals surface area contributed by atoms with Crippen molar-refractivity contribution in [3.8, 4) is 11.6 Å². The van der Waals surface area contributed by atoms with Crippen LogP contribution in [0.4, 0.5) is 0 Å². The van der Waals surface area contributed by atoms with E-state index in [1.807, 2.05) is 12.1 Å². The third-order valence-corrected chi connectivity index (χ3v) is 5.58. The summed E-state index contributed by atoms with van der Waals surface area (Å²) in [5, 5.41) is 5.59. The Kier molecular flexibility index (Phi) is 3.95. The Morgan fingerprint density at radius 2 is 2.04 bits per heavy atom. The molecule has 0 spiro atoms. The summed E-state index contributed by atoms with van der Waals surface area (Å²) in [4.78, 5) is 11.0. The van der Waals surface area contributed by atoms with E-state index in [0.717, 1.165) is 56.1 Å². The number of hydrogen-bond donors (Lipinski definition) is 1. The standard InChI is InChI=1S/C19H22N6O2/c1-13-14(2)24(6-5-23-7-10-26-11-8-23)18-16(13)19-21-17(15-4-3-9-27-15)22-25(19)12-20-18/h3-4,9,12H,5-8,10-11H2,1-2H3/p+1. The number of quaternary nitrogens is 1. The fourth-order valence-corrected chi connectivity index (χ4v) is 3.89. The average Bonchev–Trinajstić information content (AvgIpc) is 3.41. The summed E-state index contributed by atoms with van der Waals surface area (Å²) >= 11 is 0. The lowest BCUT2D eigenvalue weighted by Crippen LogP contribution is -3.14. The summed E-state index contributed by atoms with van der Waals surface area (Å²) in [6.45, 7) is 10.2. The first kappa shape index (κ1) is 16.5. The molecule has 0 radical (unpaired) electrons. The van der Waals surface area contributed by atoms with E-state index in [2.05, 4.69) is 23.5 Å². The zero-order valence-electron chi connectivity index (χ0n) is 15.6. The molecular weight excluding hydrogens is 344 g/mol. The first-order valence-electron chi connectivity index (χ1n) is 9.38. The van der Waals surface area contributed by atoms with E-state index in [-0.39, 0.29) is 0 Å². The van der Waals surface area contributed by atoms with Gasteiger partial charge in [0.05, 0.1) is 38.0 Å². The van der Waals surface area contributed by atoms with E-state index in [9.17, 15) is 0 Å². The van der Waals surface area contributed by atoms with Crippen LogP contribution in [0.1, 0.15) is 11.3 Å². The third kappa shape index (κ3) is 2.72. The highest BCUT2D eigenvalue weighted by Crippen LogP contribution is 2.28. The minimum absolute atomic E-state index is 0.580. The maximum Gasteiger partial charge on any atom is 0.217 e. The largest absolute Gasteiger partial charge is 0.461 e. The maximum atomic E-state index is 5.47. The molecule has 8 heteroatoms. The van der Waals surface area contributed by atoms with Gasteiger partial charge in [-0.15, -0.1) is 5.10 Å². The smallest absolute Gasteiger partial charge is 0.217 e. The zero-order valence-corrected chi connectivity index (χ0v) is 15.6. The van der Waals surface area contributed by atoms with Gasteiger partial charge in [0.2, 0.25) is 5.82 Å². The Hall–Kier alpha value is -2.71. The SMILES string of the molecule is Cc1c(C)n(CC[NH+]2CCOCC2)c2ncn3nc(-c4ccco4)nc3c12. The molecule has 4 aromatic rings. The van der Waals surface area contributed by atoms with Gasteiger partial charge in [0.1, 0.15) is 25.1 Å². The number of rotatable bonds is 4. The van der Waals surface area contributed by atoms with Crippen LogP contribution in [0, 0.1) is 13.8 Å². The number of aryl methyl sites for hydroxylation is 1. The van der Waals surface area contributed by atoms with Gasteiger partial charge in [0, 0.05) is 5.69 Å². The summed E-state index contributed by atoms with van der Waals surface area (Å²) in [5.74, 6) is 1.24. The van der Waals surface area contributed by atoms with Crippen LogP contribution in [0.25, 0.3) is 28.3 Å². The Labute approximate surface area is 156 Å². The minimum atomic E-state index is 0.580. The molecule has 0 amide bonds. The number of nitrogens with zero attached hydrogens (tertiary/aromatic N) is 5. The van der Waals surface area contributed by atoms with Crippen LogP contribution in [-0.2, 0) is 11.3 Å². The second kappa shape index (κ2) is 6.47. The number of fused-ring (bicyclic) bond motifs is 3. The lowest BCUT2D eigenvalue weighted by atomic mass is 10.2. The maximum absolute atomic E-state index is 5.47. The summed E-state index contributed by atoms with van der Waals surface area (Å²) < 4.78 is 15.0. The van der Waals surface area contributed by atoms with Crippen molar-refractivity contribution in [1.29, 1.82) is 0 Å². The lowest BCUT2D eigenvalue weighted by molar-refractivity contribution is -0.908. The zero-order chi connectivity index (χ0) is 18.4. The van der Waals surface area contributed by atoms with Gasteiger partial charge in [-0.1, -0.05) is 0 Å². The topological polar surface area (TPSA) is 74.8 Å². The van der Waals surface area contributed by atoms with Crippen molar-refractivity contribution in [1.82, 2.24) is 24.1 Å². The van der Waals surface area contributed by atoms with Gasteiger partial charge in [-0.05, 0) is 31.5 Å². The monoisotopic (exact) mass is 367 g/mol. The van der Waals surface area contributed by atoms with Gasteiger partial charge in [0.15, 0.2) is 11.4 Å². The average molecular weight is 367 g/mol. The minimum Gasteiger partial charge on any atom is -0.461 e. The summed E-state index contributed by atoms with van der Waals surface area (Å²) in [5.41, 5.74) is 4.24. The third-order valence-electron chi connectivity index (χ3n) is 5.58. The second-order valence-corrected chi connectivity index (χ2v) is 7.10. The van der Waals surface area contributed by atoms with Gasteiger partial charge in [0.25, 0.3) is 0 Å². The quantitative estimate of drug-likeness (QED) is 0.579. The Bertz CT molecular complexity index is 1090. The number of furan rings is 1. The van der Waals surface area contributed by atoms with E-state index in [1.54, 1.807) is 22.0 Å². The van der Waals surface area contributed by atoms with Gasteiger partial charge >= 0.3 is 0 Å². The van der Waals surface area contributed by atoms with Crippen molar-refractivity contribution >= 4 is 16.7 Å². The Balaban J connectivity index is 1.56. The molecular formula is C19H23N6O2+. The second-order valence-electron chi connectivity index (χ2n) is 7.10. The van der Waals surface area contributed by atoms with Gasteiger partial charge < -0.3 is 18.6 Å². The molecule has 0 bridgehead atoms. The van der Waals surface area contributed by atoms with E-state index < -0.39 is 0 Å². The molecule has 5 heterocycles. The molecule has 8 nitrogen and oxygen atoms in total. The summed E-state index contributed by atoms with van der Waals surface area (Å²) in [7, 11) is 0. The molecule has 27 heavy (non-hydrogen) atoms. The van der Waals surface area contributed by atoms with Crippen LogP contribution in [0.2, 0.25) is 0 Å². The van der Waals surface area contributed by atoms with E-state index in [0.29, 0.717) is 11.6 Å². The highest BCUT2D eigenvalue weighted by atomic mass is 16.5. The number of nitrogens with one attached hydrogen (secondary N) is 1. The number of aromatic nitrogens is 5. The molecule has 0 aliphatic carbocycles. The number of morpholine rings is 1. The van der Waals surface area contributed by atoms with Crippen molar-refractivity contribution in [3.05, 3.63) is 36.0 Å². The van der Waals surface area contributed by atoms with Gasteiger partial charge in [-0.2, -0.15) is 0 Å². The molecule has 1 fully saturated rings. The highest BCUT2D eigenvalue weighted by Gasteiger charge is 2.20. The van der Waals surface area contributed by atoms with Crippen LogP contribution in [0.5, 0.6) is 0 Å². The van der Waals surface area contributed by atoms with Crippen LogP contribution in [-0.4, -0.2) is 57.0 Å². The van der Waals surface area contributed by atoms with E-state index >= 15 is 0 Å². The fraction of sp³-hybridized carbons (Fsp3) is 0.421. The predicted octanol–water partition coefficient (Wildman–Crippen LogP) is 0.871. The van der Waals surface area contributed by atoms with Crippen molar-refractivity contribution in [2.24, 2.45) is 0 Å². The van der Waals surface area contributed by atoms with E-state index in [4.69, 9.17) is 19.1 Å². The Morgan fingerprint density at radius 1 is 1.19 bits per heavy atom. The van der Waals surface area contributed by atoms with Crippen molar-refractivity contribution in [2.75, 3.05) is 32.8 Å². The molecule has 1 N–H and O–H groups in total. The highest BCUT2D eigenvalue weighted by molar-refractivity contribution is 5.94. The first-order valence-corrected chi connectivity index (χ1v) is 9.38. The molecule has 0 atom stereocenters. The van der Waals surface area contributed by atoms with Crippen molar-refractivity contribution < 1.29 is 14.1 Å². The normalized spacial score (nSPS) is 15.9. The molecule has 1 aliphatic heterocycles. The van der Waals surface area contributed by atoms with Crippen LogP contribution >= 0.6 is 0 Å². The van der Waals surface area contributed by atoms with Crippen LogP contribution in [0.3, 0.4) is 0 Å². The number of ether oxygens (including phenoxy) is 1. The summed E-state index contributed by atoms with van der Waals surface area (Å²) in [6, 6.07) is 3.71. The molecule has 0 saturated carbocycles. The summed E-state index contributed by atoms with van der Waals surface area (Å²) in [6.07, 6.45) is 3.38. The Morgan fingerprint density at radius 3 is 2.81 bits per heavy atom. The molecule has 5 rings (SSSR count). The molecule has 4 aromatic heterocycles. The molecule has 1 saturated heterocycles. The van der Waals surface area contributed by atoms with E-state index in [1.165, 1.54) is 11.3 Å². The predicted molar refractivity (Wildman–Crippen MR) is 99.8 cm³/mol. The molecule has 140 valence electrons. The van der Waals surface area contributed by atoms with Crippen LogP contribution in [0.15, 0.2) is 29.1 Å².